The second-order valence-electron chi connectivity index (χ2n) is 8.06. The molecule has 1 fully saturated rings. The molecule has 4 aromatic rings. The van der Waals surface area contributed by atoms with Gasteiger partial charge >= 0.3 is 6.01 Å². The van der Waals surface area contributed by atoms with Crippen molar-refractivity contribution in [2.24, 2.45) is 0 Å². The van der Waals surface area contributed by atoms with Crippen LogP contribution in [0.4, 0.5) is 11.4 Å². The van der Waals surface area contributed by atoms with Gasteiger partial charge in [0.15, 0.2) is 5.65 Å². The lowest BCUT2D eigenvalue weighted by molar-refractivity contribution is 0.102. The number of hydrogen-bond acceptors (Lipinski definition) is 8. The monoisotopic (exact) mass is 432 g/mol. The van der Waals surface area contributed by atoms with Crippen LogP contribution < -0.4 is 20.3 Å². The first kappa shape index (κ1) is 20.1. The first-order valence-corrected chi connectivity index (χ1v) is 10.5. The molecule has 10 nitrogen and oxygen atoms in total. The molecule has 0 radical (unpaired) electrons. The van der Waals surface area contributed by atoms with Crippen LogP contribution in [0.1, 0.15) is 24.2 Å². The van der Waals surface area contributed by atoms with E-state index in [1.54, 1.807) is 29.0 Å². The van der Waals surface area contributed by atoms with Crippen molar-refractivity contribution in [1.82, 2.24) is 29.9 Å². The predicted octanol–water partition coefficient (Wildman–Crippen LogP) is 2.12. The molecule has 3 aromatic heterocycles. The smallest absolute Gasteiger partial charge is 0.316 e. The number of hydrogen-bond donors (Lipinski definition) is 2. The number of carbonyl (C=O) groups excluding carboxylic acids is 1. The van der Waals surface area contributed by atoms with Crippen LogP contribution in [0.2, 0.25) is 0 Å². The molecular weight excluding hydrogens is 408 g/mol. The molecule has 2 N–H and O–H groups in total. The van der Waals surface area contributed by atoms with E-state index in [4.69, 9.17) is 4.74 Å². The number of piperazine rings is 1. The Morgan fingerprint density at radius 1 is 1.16 bits per heavy atom. The molecule has 0 saturated carbocycles. The summed E-state index contributed by atoms with van der Waals surface area (Å²) in [5.41, 5.74) is 3.31. The number of nitrogens with zero attached hydrogens (tertiary/aromatic N) is 6. The Hall–Kier alpha value is -3.79. The van der Waals surface area contributed by atoms with E-state index < -0.39 is 0 Å². The van der Waals surface area contributed by atoms with E-state index in [-0.39, 0.29) is 11.9 Å². The highest BCUT2D eigenvalue weighted by molar-refractivity contribution is 6.13. The summed E-state index contributed by atoms with van der Waals surface area (Å²) in [5, 5.41) is 11.4. The molecule has 1 saturated heterocycles. The number of pyridine rings is 1. The van der Waals surface area contributed by atoms with E-state index in [0.29, 0.717) is 34.5 Å². The highest BCUT2D eigenvalue weighted by Crippen LogP contribution is 2.31. The van der Waals surface area contributed by atoms with Gasteiger partial charge in [-0.25, -0.2) is 14.5 Å². The maximum atomic E-state index is 13.2. The molecule has 4 heterocycles. The topological polar surface area (TPSA) is 110 Å². The van der Waals surface area contributed by atoms with Gasteiger partial charge in [0.05, 0.1) is 30.1 Å². The zero-order valence-corrected chi connectivity index (χ0v) is 18.1. The van der Waals surface area contributed by atoms with Crippen LogP contribution in [0.25, 0.3) is 16.6 Å². The van der Waals surface area contributed by atoms with E-state index >= 15 is 0 Å². The fourth-order valence-electron chi connectivity index (χ4n) is 4.26. The maximum Gasteiger partial charge on any atom is 0.316 e. The van der Waals surface area contributed by atoms with Gasteiger partial charge in [-0.05, 0) is 38.1 Å². The quantitative estimate of drug-likeness (QED) is 0.505. The molecule has 5 rings (SSSR count). The van der Waals surface area contributed by atoms with E-state index in [1.165, 1.54) is 13.4 Å². The van der Waals surface area contributed by atoms with Crippen LogP contribution in [-0.2, 0) is 0 Å². The van der Waals surface area contributed by atoms with Crippen LogP contribution in [-0.4, -0.2) is 62.8 Å². The average molecular weight is 432 g/mol. The molecule has 2 unspecified atom stereocenters. The number of methoxy groups -OCH3 is 1. The van der Waals surface area contributed by atoms with Crippen LogP contribution in [0.3, 0.4) is 0 Å². The second-order valence-corrected chi connectivity index (χ2v) is 8.06. The van der Waals surface area contributed by atoms with Gasteiger partial charge in [0, 0.05) is 42.4 Å². The third-order valence-electron chi connectivity index (χ3n) is 5.56. The Bertz CT molecular complexity index is 1290. The summed E-state index contributed by atoms with van der Waals surface area (Å²) in [6, 6.07) is 8.28. The lowest BCUT2D eigenvalue weighted by atomic mass is 10.0. The van der Waals surface area contributed by atoms with E-state index in [0.717, 1.165) is 24.2 Å². The first-order chi connectivity index (χ1) is 15.5. The molecule has 1 aliphatic heterocycles. The van der Waals surface area contributed by atoms with Crippen molar-refractivity contribution in [3.8, 4) is 6.01 Å². The fourth-order valence-corrected chi connectivity index (χ4v) is 4.26. The molecule has 1 amide bonds. The average Bonchev–Trinajstić information content (AvgIpc) is 3.25. The molecule has 0 aliphatic carbocycles. The Morgan fingerprint density at radius 3 is 2.75 bits per heavy atom. The van der Waals surface area contributed by atoms with Crippen molar-refractivity contribution in [3.63, 3.8) is 0 Å². The maximum absolute atomic E-state index is 13.2. The van der Waals surface area contributed by atoms with Crippen molar-refractivity contribution in [2.75, 3.05) is 30.4 Å². The largest absolute Gasteiger partial charge is 0.467 e. The first-order valence-electron chi connectivity index (χ1n) is 10.5. The van der Waals surface area contributed by atoms with E-state index in [1.807, 2.05) is 12.1 Å². The third-order valence-corrected chi connectivity index (χ3v) is 5.56. The molecule has 32 heavy (non-hydrogen) atoms. The lowest BCUT2D eigenvalue weighted by Gasteiger charge is -2.38. The summed E-state index contributed by atoms with van der Waals surface area (Å²) in [6.45, 7) is 6.04. The number of rotatable bonds is 4. The number of carbonyl (C=O) groups is 1. The summed E-state index contributed by atoms with van der Waals surface area (Å²) in [6.07, 6.45) is 4.91. The molecule has 1 aliphatic rings. The number of fused-ring (bicyclic) bond motifs is 2. The Labute approximate surface area is 184 Å². The number of amides is 1. The van der Waals surface area contributed by atoms with Crippen LogP contribution in [0.15, 0.2) is 43.0 Å². The molecule has 1 aromatic carbocycles. The van der Waals surface area contributed by atoms with Gasteiger partial charge in [-0.2, -0.15) is 10.1 Å². The van der Waals surface area contributed by atoms with Gasteiger partial charge in [-0.1, -0.05) is 0 Å². The minimum absolute atomic E-state index is 0.217. The molecule has 10 heteroatoms. The van der Waals surface area contributed by atoms with Crippen molar-refractivity contribution < 1.29 is 9.53 Å². The third kappa shape index (κ3) is 3.69. The fraction of sp³-hybridized carbons (Fsp3) is 0.318. The van der Waals surface area contributed by atoms with Crippen molar-refractivity contribution in [1.29, 1.82) is 0 Å². The number of nitrogens with one attached hydrogen (secondary N) is 2. The molecule has 0 spiro atoms. The van der Waals surface area contributed by atoms with Crippen LogP contribution in [0, 0.1) is 0 Å². The number of ether oxygens (including phenoxy) is 1. The van der Waals surface area contributed by atoms with Crippen molar-refractivity contribution >= 4 is 33.8 Å². The minimum Gasteiger partial charge on any atom is -0.467 e. The molecule has 2 atom stereocenters. The summed E-state index contributed by atoms with van der Waals surface area (Å²) in [4.78, 5) is 28.5. The highest BCUT2D eigenvalue weighted by atomic mass is 16.5. The normalized spacial score (nSPS) is 18.8. The van der Waals surface area contributed by atoms with Crippen molar-refractivity contribution in [2.45, 2.75) is 25.9 Å². The van der Waals surface area contributed by atoms with Crippen LogP contribution in [0.5, 0.6) is 6.01 Å². The zero-order chi connectivity index (χ0) is 22.2. The van der Waals surface area contributed by atoms with Crippen LogP contribution >= 0.6 is 0 Å². The van der Waals surface area contributed by atoms with Gasteiger partial charge in [0.1, 0.15) is 6.33 Å². The molecule has 0 bridgehead atoms. The Balaban J connectivity index is 1.54. The molecule has 164 valence electrons. The van der Waals surface area contributed by atoms with E-state index in [2.05, 4.69) is 49.4 Å². The second kappa shape index (κ2) is 8.04. The standard InChI is InChI=1S/C22H24N8O2/c1-13-9-29(10-14(2)26-13)18-6-5-16(20-17(18)8-23-22(28-20)32-3)21(31)27-15-4-7-19-24-12-25-30(19)11-15/h4-8,11-14,26H,9-10H2,1-3H3,(H,27,31). The molecular formula is C22H24N8O2. The van der Waals surface area contributed by atoms with E-state index in [9.17, 15) is 4.79 Å². The van der Waals surface area contributed by atoms with Gasteiger partial charge in [-0.15, -0.1) is 0 Å². The van der Waals surface area contributed by atoms with Crippen molar-refractivity contribution in [3.05, 3.63) is 48.5 Å². The van der Waals surface area contributed by atoms with Gasteiger partial charge in [0.25, 0.3) is 5.91 Å². The number of anilines is 2. The summed E-state index contributed by atoms with van der Waals surface area (Å²) >= 11 is 0. The summed E-state index contributed by atoms with van der Waals surface area (Å²) < 4.78 is 6.84. The van der Waals surface area contributed by atoms with Gasteiger partial charge in [0.2, 0.25) is 0 Å². The summed E-state index contributed by atoms with van der Waals surface area (Å²) in [5.74, 6) is -0.274. The SMILES string of the molecule is COc1ncc2c(N3CC(C)NC(C)C3)ccc(C(=O)Nc3ccc4ncnn4c3)c2n1. The predicted molar refractivity (Wildman–Crippen MR) is 121 cm³/mol. The Morgan fingerprint density at radius 2 is 1.97 bits per heavy atom. The van der Waals surface area contributed by atoms with Gasteiger partial charge in [-0.3, -0.25) is 4.79 Å². The summed E-state index contributed by atoms with van der Waals surface area (Å²) in [7, 11) is 1.51. The lowest BCUT2D eigenvalue weighted by Crippen LogP contribution is -2.54. The zero-order valence-electron chi connectivity index (χ0n) is 18.1. The Kier molecular flexibility index (Phi) is 5.06. The minimum atomic E-state index is -0.274. The highest BCUT2D eigenvalue weighted by Gasteiger charge is 2.24. The number of aromatic nitrogens is 5. The van der Waals surface area contributed by atoms with Gasteiger partial charge < -0.3 is 20.3 Å². The number of benzene rings is 1.